The number of benzene rings is 1. The van der Waals surface area contributed by atoms with Gasteiger partial charge in [0.1, 0.15) is 11.7 Å². The summed E-state index contributed by atoms with van der Waals surface area (Å²) in [5, 5.41) is 10.6. The van der Waals surface area contributed by atoms with E-state index >= 15 is 0 Å². The van der Waals surface area contributed by atoms with E-state index in [1.54, 1.807) is 0 Å². The van der Waals surface area contributed by atoms with E-state index in [1.807, 2.05) is 63.2 Å². The third-order valence-electron chi connectivity index (χ3n) is 4.50. The monoisotopic (exact) mass is 395 g/mol. The molecule has 0 spiro atoms. The summed E-state index contributed by atoms with van der Waals surface area (Å²) in [7, 11) is 2.14. The van der Waals surface area contributed by atoms with Crippen molar-refractivity contribution >= 4 is 18.4 Å². The average Bonchev–Trinajstić information content (AvgIpc) is 3.24. The highest BCUT2D eigenvalue weighted by Crippen LogP contribution is 2.20. The van der Waals surface area contributed by atoms with Gasteiger partial charge in [-0.05, 0) is 26.3 Å². The SMILES string of the molecule is C=N/C(=C\C(=NCC)N1CCN(C)CC1)Nc1cc(-c2ccccc2)[nH]n1.CC. The number of H-pyrrole nitrogens is 1. The summed E-state index contributed by atoms with van der Waals surface area (Å²) in [6.45, 7) is 14.4. The Balaban J connectivity index is 0.00000145. The summed E-state index contributed by atoms with van der Waals surface area (Å²) in [5.41, 5.74) is 2.03. The standard InChI is InChI=1S/C20H27N7.C2H6/c1-4-22-20(27-12-10-26(3)11-13-27)15-18(21-2)23-19-14-17(24-25-19)16-8-6-5-7-9-16;1-2/h5-9,14-15H,2,4,10-13H2,1,3H3,(H2,23,24,25);1-2H3/b18-15+,22-20?;. The summed E-state index contributed by atoms with van der Waals surface area (Å²) in [4.78, 5) is 13.4. The quantitative estimate of drug-likeness (QED) is 0.578. The molecule has 0 amide bonds. The number of hydrogen-bond acceptors (Lipinski definition) is 5. The summed E-state index contributed by atoms with van der Waals surface area (Å²) < 4.78 is 0. The number of anilines is 1. The molecule has 0 atom stereocenters. The van der Waals surface area contributed by atoms with Crippen LogP contribution >= 0.6 is 0 Å². The lowest BCUT2D eigenvalue weighted by molar-refractivity contribution is 0.216. The van der Waals surface area contributed by atoms with Gasteiger partial charge in [0.15, 0.2) is 5.82 Å². The molecule has 156 valence electrons. The van der Waals surface area contributed by atoms with Crippen LogP contribution < -0.4 is 5.32 Å². The van der Waals surface area contributed by atoms with Crippen LogP contribution in [0.25, 0.3) is 11.3 Å². The fourth-order valence-corrected chi connectivity index (χ4v) is 2.96. The maximum Gasteiger partial charge on any atom is 0.153 e. The molecule has 2 N–H and O–H groups in total. The molecule has 7 heteroatoms. The molecule has 1 aromatic carbocycles. The Morgan fingerprint density at radius 3 is 2.52 bits per heavy atom. The Bertz CT molecular complexity index is 800. The van der Waals surface area contributed by atoms with Crippen LogP contribution in [0.4, 0.5) is 5.82 Å². The van der Waals surface area contributed by atoms with Crippen molar-refractivity contribution in [3.63, 3.8) is 0 Å². The Labute approximate surface area is 174 Å². The van der Waals surface area contributed by atoms with Gasteiger partial charge in [0.05, 0.1) is 5.69 Å². The number of aromatic nitrogens is 2. The van der Waals surface area contributed by atoms with Gasteiger partial charge in [0, 0.05) is 44.9 Å². The predicted octanol–water partition coefficient (Wildman–Crippen LogP) is 3.72. The highest BCUT2D eigenvalue weighted by molar-refractivity contribution is 5.94. The minimum absolute atomic E-state index is 0.632. The van der Waals surface area contributed by atoms with Crippen LogP contribution in [0.3, 0.4) is 0 Å². The molecule has 0 saturated carbocycles. The third-order valence-corrected chi connectivity index (χ3v) is 4.50. The second kappa shape index (κ2) is 11.8. The predicted molar refractivity (Wildman–Crippen MR) is 124 cm³/mol. The number of nitrogens with zero attached hydrogens (tertiary/aromatic N) is 5. The molecule has 2 aromatic rings. The number of likely N-dealkylation sites (N-methyl/N-ethyl adjacent to an activating group) is 1. The van der Waals surface area contributed by atoms with E-state index in [4.69, 9.17) is 0 Å². The highest BCUT2D eigenvalue weighted by atomic mass is 15.3. The molecule has 29 heavy (non-hydrogen) atoms. The van der Waals surface area contributed by atoms with Crippen molar-refractivity contribution in [3.05, 3.63) is 48.3 Å². The molecule has 1 fully saturated rings. The van der Waals surface area contributed by atoms with Crippen molar-refractivity contribution in [3.8, 4) is 11.3 Å². The zero-order chi connectivity index (χ0) is 21.1. The van der Waals surface area contributed by atoms with Gasteiger partial charge in [-0.1, -0.05) is 44.2 Å². The first-order valence-corrected chi connectivity index (χ1v) is 10.2. The largest absolute Gasteiger partial charge is 0.354 e. The highest BCUT2D eigenvalue weighted by Gasteiger charge is 2.16. The zero-order valence-electron chi connectivity index (χ0n) is 18.0. The summed E-state index contributed by atoms with van der Waals surface area (Å²) in [6, 6.07) is 12.0. The van der Waals surface area contributed by atoms with E-state index in [-0.39, 0.29) is 0 Å². The van der Waals surface area contributed by atoms with E-state index in [2.05, 4.69) is 49.1 Å². The number of piperazine rings is 1. The zero-order valence-corrected chi connectivity index (χ0v) is 18.0. The van der Waals surface area contributed by atoms with Gasteiger partial charge in [0.2, 0.25) is 0 Å². The molecule has 1 aromatic heterocycles. The van der Waals surface area contributed by atoms with E-state index < -0.39 is 0 Å². The van der Waals surface area contributed by atoms with Gasteiger partial charge in [-0.25, -0.2) is 4.99 Å². The maximum absolute atomic E-state index is 4.65. The van der Waals surface area contributed by atoms with Crippen LogP contribution in [0, 0.1) is 0 Å². The molecule has 1 aliphatic rings. The van der Waals surface area contributed by atoms with Crippen molar-refractivity contribution in [2.24, 2.45) is 9.98 Å². The van der Waals surface area contributed by atoms with Gasteiger partial charge in [-0.2, -0.15) is 5.10 Å². The van der Waals surface area contributed by atoms with Crippen LogP contribution in [0.5, 0.6) is 0 Å². The number of aromatic amines is 1. The molecular weight excluding hydrogens is 362 g/mol. The van der Waals surface area contributed by atoms with Crippen LogP contribution in [0.1, 0.15) is 20.8 Å². The van der Waals surface area contributed by atoms with Crippen LogP contribution in [-0.2, 0) is 0 Å². The number of nitrogens with one attached hydrogen (secondary N) is 2. The van der Waals surface area contributed by atoms with Gasteiger partial charge in [-0.3, -0.25) is 10.1 Å². The van der Waals surface area contributed by atoms with Crippen molar-refractivity contribution in [2.75, 3.05) is 45.1 Å². The summed E-state index contributed by atoms with van der Waals surface area (Å²) in [5.74, 6) is 2.26. The summed E-state index contributed by atoms with van der Waals surface area (Å²) in [6.07, 6.45) is 1.94. The van der Waals surface area contributed by atoms with Crippen LogP contribution in [-0.4, -0.2) is 72.3 Å². The first kappa shape index (κ1) is 22.4. The normalized spacial score (nSPS) is 15.5. The first-order valence-electron chi connectivity index (χ1n) is 10.2. The Morgan fingerprint density at radius 1 is 1.21 bits per heavy atom. The lowest BCUT2D eigenvalue weighted by Gasteiger charge is -2.33. The van der Waals surface area contributed by atoms with E-state index in [9.17, 15) is 0 Å². The van der Waals surface area contributed by atoms with E-state index in [0.717, 1.165) is 49.8 Å². The molecule has 2 heterocycles. The number of aliphatic imine (C=N–C) groups is 2. The fourth-order valence-electron chi connectivity index (χ4n) is 2.96. The molecular formula is C22H33N7. The molecule has 7 nitrogen and oxygen atoms in total. The summed E-state index contributed by atoms with van der Waals surface area (Å²) >= 11 is 0. The number of amidine groups is 1. The second-order valence-corrected chi connectivity index (χ2v) is 6.47. The minimum atomic E-state index is 0.632. The Morgan fingerprint density at radius 2 is 1.90 bits per heavy atom. The second-order valence-electron chi connectivity index (χ2n) is 6.47. The molecule has 0 bridgehead atoms. The molecule has 0 aliphatic carbocycles. The lowest BCUT2D eigenvalue weighted by Crippen LogP contribution is -2.46. The topological polar surface area (TPSA) is 71.9 Å². The molecule has 0 unspecified atom stereocenters. The maximum atomic E-state index is 4.65. The molecule has 1 saturated heterocycles. The van der Waals surface area contributed by atoms with Crippen LogP contribution in [0.15, 0.2) is 58.3 Å². The number of rotatable bonds is 6. The third kappa shape index (κ3) is 6.57. The van der Waals surface area contributed by atoms with E-state index in [1.165, 1.54) is 0 Å². The van der Waals surface area contributed by atoms with Gasteiger partial charge >= 0.3 is 0 Å². The average molecular weight is 396 g/mol. The van der Waals surface area contributed by atoms with Crippen molar-refractivity contribution in [1.82, 2.24) is 20.0 Å². The van der Waals surface area contributed by atoms with Gasteiger partial charge in [0.25, 0.3) is 0 Å². The molecule has 1 aliphatic heterocycles. The smallest absolute Gasteiger partial charge is 0.153 e. The number of hydrogen-bond donors (Lipinski definition) is 2. The minimum Gasteiger partial charge on any atom is -0.354 e. The molecule has 0 radical (unpaired) electrons. The Kier molecular flexibility index (Phi) is 9.11. The molecule has 3 rings (SSSR count). The Hall–Kier alpha value is -2.93. The van der Waals surface area contributed by atoms with Crippen molar-refractivity contribution in [2.45, 2.75) is 20.8 Å². The van der Waals surface area contributed by atoms with Gasteiger partial charge in [-0.15, -0.1) is 0 Å². The van der Waals surface area contributed by atoms with Gasteiger partial charge < -0.3 is 15.1 Å². The van der Waals surface area contributed by atoms with Crippen LogP contribution in [0.2, 0.25) is 0 Å². The van der Waals surface area contributed by atoms with E-state index in [0.29, 0.717) is 11.6 Å². The fraction of sp³-hybridized carbons (Fsp3) is 0.409. The lowest BCUT2D eigenvalue weighted by atomic mass is 10.2. The first-order chi connectivity index (χ1) is 14.2. The van der Waals surface area contributed by atoms with Crippen molar-refractivity contribution < 1.29 is 0 Å². The van der Waals surface area contributed by atoms with Crippen molar-refractivity contribution in [1.29, 1.82) is 0 Å².